The van der Waals surface area contributed by atoms with Gasteiger partial charge in [-0.15, -0.1) is 0 Å². The summed E-state index contributed by atoms with van der Waals surface area (Å²) in [4.78, 5) is 0. The van der Waals surface area contributed by atoms with Gasteiger partial charge in [0, 0.05) is 23.5 Å². The van der Waals surface area contributed by atoms with Crippen LogP contribution in [-0.4, -0.2) is 10.2 Å². The first-order valence-corrected chi connectivity index (χ1v) is 5.70. The third kappa shape index (κ3) is 2.93. The van der Waals surface area contributed by atoms with Crippen LogP contribution >= 0.6 is 0 Å². The molecule has 18 heavy (non-hydrogen) atoms. The number of nitrogens with one attached hydrogen (secondary N) is 1. The zero-order chi connectivity index (χ0) is 13.0. The Morgan fingerprint density at radius 3 is 2.67 bits per heavy atom. The average Bonchev–Trinajstić information content (AvgIpc) is 2.38. The third-order valence-corrected chi connectivity index (χ3v) is 2.70. The van der Waals surface area contributed by atoms with Crippen molar-refractivity contribution in [2.75, 3.05) is 11.1 Å². The molecule has 94 valence electrons. The van der Waals surface area contributed by atoms with Gasteiger partial charge in [0.05, 0.1) is 6.61 Å². The average molecular weight is 244 g/mol. The predicted octanol–water partition coefficient (Wildman–Crippen LogP) is 2.08. The molecule has 4 nitrogen and oxygen atoms in total. The van der Waals surface area contributed by atoms with E-state index in [1.807, 2.05) is 24.3 Å². The van der Waals surface area contributed by atoms with Crippen LogP contribution in [0.15, 0.2) is 42.5 Å². The Hall–Kier alpha value is -2.20. The molecule has 0 heterocycles. The normalized spacial score (nSPS) is 10.3. The fraction of sp³-hybridized carbons (Fsp3) is 0.143. The smallest absolute Gasteiger partial charge is 0.121 e. The van der Waals surface area contributed by atoms with Gasteiger partial charge in [0.1, 0.15) is 5.75 Å². The first-order valence-electron chi connectivity index (χ1n) is 5.70. The Morgan fingerprint density at radius 1 is 1.11 bits per heavy atom. The molecule has 0 atom stereocenters. The lowest BCUT2D eigenvalue weighted by Crippen LogP contribution is -2.00. The van der Waals surface area contributed by atoms with Crippen molar-refractivity contribution < 1.29 is 10.2 Å². The number of aromatic hydroxyl groups is 1. The molecule has 0 saturated heterocycles. The van der Waals surface area contributed by atoms with E-state index < -0.39 is 0 Å². The maximum absolute atomic E-state index is 9.45. The predicted molar refractivity (Wildman–Crippen MR) is 72.2 cm³/mol. The molecule has 0 aliphatic carbocycles. The molecular formula is C14H16N2O2. The number of phenols is 1. The summed E-state index contributed by atoms with van der Waals surface area (Å²) in [5.74, 6) is 0.104. The minimum absolute atomic E-state index is 0.104. The quantitative estimate of drug-likeness (QED) is 0.490. The number of aliphatic hydroxyl groups is 1. The van der Waals surface area contributed by atoms with E-state index in [2.05, 4.69) is 5.32 Å². The van der Waals surface area contributed by atoms with Crippen molar-refractivity contribution >= 4 is 11.4 Å². The van der Waals surface area contributed by atoms with Gasteiger partial charge in [0.15, 0.2) is 0 Å². The van der Waals surface area contributed by atoms with Crippen molar-refractivity contribution in [3.63, 3.8) is 0 Å². The van der Waals surface area contributed by atoms with E-state index in [1.54, 1.807) is 18.2 Å². The number of rotatable bonds is 4. The second-order valence-corrected chi connectivity index (χ2v) is 4.10. The lowest BCUT2D eigenvalue weighted by Gasteiger charge is -2.09. The number of nitrogen functional groups attached to an aromatic ring is 1. The molecule has 0 aromatic heterocycles. The largest absolute Gasteiger partial charge is 0.508 e. The molecule has 0 fully saturated rings. The summed E-state index contributed by atoms with van der Waals surface area (Å²) >= 11 is 0. The maximum atomic E-state index is 9.45. The van der Waals surface area contributed by atoms with Gasteiger partial charge in [0.2, 0.25) is 0 Å². The van der Waals surface area contributed by atoms with Gasteiger partial charge in [-0.25, -0.2) is 0 Å². The van der Waals surface area contributed by atoms with Gasteiger partial charge in [-0.3, -0.25) is 0 Å². The molecule has 2 aromatic rings. The first-order chi connectivity index (χ1) is 8.69. The Morgan fingerprint density at radius 2 is 1.94 bits per heavy atom. The zero-order valence-corrected chi connectivity index (χ0v) is 9.93. The van der Waals surface area contributed by atoms with Crippen LogP contribution in [-0.2, 0) is 13.2 Å². The maximum Gasteiger partial charge on any atom is 0.121 e. The van der Waals surface area contributed by atoms with Crippen LogP contribution in [0.3, 0.4) is 0 Å². The van der Waals surface area contributed by atoms with Crippen LogP contribution in [0.5, 0.6) is 5.75 Å². The molecule has 0 saturated carbocycles. The highest BCUT2D eigenvalue weighted by Crippen LogP contribution is 2.21. The monoisotopic (exact) mass is 244 g/mol. The summed E-state index contributed by atoms with van der Waals surface area (Å²) in [5.41, 5.74) is 8.86. The van der Waals surface area contributed by atoms with Gasteiger partial charge in [-0.05, 0) is 35.9 Å². The molecule has 4 heteroatoms. The topological polar surface area (TPSA) is 78.5 Å². The number of nitrogens with two attached hydrogens (primary N) is 1. The highest BCUT2D eigenvalue weighted by Gasteiger charge is 2.01. The van der Waals surface area contributed by atoms with Crippen molar-refractivity contribution in [1.82, 2.24) is 0 Å². The molecule has 2 aromatic carbocycles. The van der Waals surface area contributed by atoms with Gasteiger partial charge < -0.3 is 21.3 Å². The highest BCUT2D eigenvalue weighted by atomic mass is 16.3. The molecule has 0 aliphatic heterocycles. The molecule has 0 bridgehead atoms. The first kappa shape index (κ1) is 12.3. The van der Waals surface area contributed by atoms with Crippen LogP contribution < -0.4 is 11.1 Å². The van der Waals surface area contributed by atoms with Gasteiger partial charge in [-0.2, -0.15) is 0 Å². The second kappa shape index (κ2) is 5.42. The van der Waals surface area contributed by atoms with E-state index in [1.165, 1.54) is 0 Å². The van der Waals surface area contributed by atoms with Crippen LogP contribution in [0.2, 0.25) is 0 Å². The zero-order valence-electron chi connectivity index (χ0n) is 9.93. The molecule has 0 aliphatic rings. The molecule has 2 rings (SSSR count). The van der Waals surface area contributed by atoms with E-state index in [0.717, 1.165) is 16.9 Å². The van der Waals surface area contributed by atoms with Crippen molar-refractivity contribution in [1.29, 1.82) is 0 Å². The van der Waals surface area contributed by atoms with Crippen molar-refractivity contribution in [3.8, 4) is 5.75 Å². The van der Waals surface area contributed by atoms with E-state index in [0.29, 0.717) is 12.1 Å². The number of hydrogen-bond donors (Lipinski definition) is 4. The molecule has 0 radical (unpaired) electrons. The van der Waals surface area contributed by atoms with Gasteiger partial charge in [-0.1, -0.05) is 12.1 Å². The number of anilines is 2. The second-order valence-electron chi connectivity index (χ2n) is 4.10. The Balaban J connectivity index is 2.06. The van der Waals surface area contributed by atoms with E-state index >= 15 is 0 Å². The summed E-state index contributed by atoms with van der Waals surface area (Å²) in [7, 11) is 0. The van der Waals surface area contributed by atoms with Gasteiger partial charge >= 0.3 is 0 Å². The van der Waals surface area contributed by atoms with Crippen molar-refractivity contribution in [3.05, 3.63) is 53.6 Å². The van der Waals surface area contributed by atoms with Gasteiger partial charge in [0.25, 0.3) is 0 Å². The standard InChI is InChI=1S/C14H16N2O2/c15-12-3-1-2-10(6-12)8-16-13-4-5-14(18)11(7-13)9-17/h1-7,16-18H,8-9,15H2. The Labute approximate surface area is 106 Å². The van der Waals surface area contributed by atoms with Crippen LogP contribution in [0.1, 0.15) is 11.1 Å². The molecule has 0 unspecified atom stereocenters. The summed E-state index contributed by atoms with van der Waals surface area (Å²) in [6.45, 7) is 0.459. The Kier molecular flexibility index (Phi) is 3.69. The SMILES string of the molecule is Nc1cccc(CNc2ccc(O)c(CO)c2)c1. The van der Waals surface area contributed by atoms with E-state index in [4.69, 9.17) is 10.8 Å². The van der Waals surface area contributed by atoms with Crippen molar-refractivity contribution in [2.45, 2.75) is 13.2 Å². The van der Waals surface area contributed by atoms with E-state index in [-0.39, 0.29) is 12.4 Å². The lowest BCUT2D eigenvalue weighted by molar-refractivity contribution is 0.275. The van der Waals surface area contributed by atoms with E-state index in [9.17, 15) is 5.11 Å². The van der Waals surface area contributed by atoms with Crippen LogP contribution in [0.4, 0.5) is 11.4 Å². The summed E-state index contributed by atoms with van der Waals surface area (Å²) in [5, 5.41) is 21.7. The Bertz CT molecular complexity index is 541. The van der Waals surface area contributed by atoms with Crippen LogP contribution in [0, 0.1) is 0 Å². The number of benzene rings is 2. The molecule has 0 amide bonds. The fourth-order valence-electron chi connectivity index (χ4n) is 1.73. The molecular weight excluding hydrogens is 228 g/mol. The molecule has 5 N–H and O–H groups in total. The lowest BCUT2D eigenvalue weighted by atomic mass is 10.1. The van der Waals surface area contributed by atoms with Crippen molar-refractivity contribution in [2.24, 2.45) is 0 Å². The summed E-state index contributed by atoms with van der Waals surface area (Å²) in [6.07, 6.45) is 0. The molecule has 0 spiro atoms. The fourth-order valence-corrected chi connectivity index (χ4v) is 1.73. The van der Waals surface area contributed by atoms with Crippen LogP contribution in [0.25, 0.3) is 0 Å². The highest BCUT2D eigenvalue weighted by molar-refractivity contribution is 5.51. The number of aliphatic hydroxyl groups excluding tert-OH is 1. The minimum atomic E-state index is -0.181. The number of hydrogen-bond acceptors (Lipinski definition) is 4. The summed E-state index contributed by atoms with van der Waals surface area (Å²) < 4.78 is 0. The third-order valence-electron chi connectivity index (χ3n) is 2.70. The minimum Gasteiger partial charge on any atom is -0.508 e. The summed E-state index contributed by atoms with van der Waals surface area (Å²) in [6, 6.07) is 12.7.